The van der Waals surface area contributed by atoms with Gasteiger partial charge in [-0.2, -0.15) is 0 Å². The molecule has 2 aromatic carbocycles. The molecule has 0 fully saturated rings. The Balaban J connectivity index is 2.07. The van der Waals surface area contributed by atoms with E-state index in [9.17, 15) is 9.59 Å². The van der Waals surface area contributed by atoms with Crippen LogP contribution in [0.2, 0.25) is 5.02 Å². The summed E-state index contributed by atoms with van der Waals surface area (Å²) in [5.74, 6) is 0.581. The van der Waals surface area contributed by atoms with Gasteiger partial charge in [0.25, 0.3) is 0 Å². The lowest BCUT2D eigenvalue weighted by Gasteiger charge is -2.31. The van der Waals surface area contributed by atoms with Crippen LogP contribution in [-0.4, -0.2) is 35.4 Å². The first-order valence-corrected chi connectivity index (χ1v) is 11.8. The molecule has 2 amide bonds. The number of aryl methyl sites for hydroxylation is 1. The molecule has 2 aromatic rings. The number of carbonyl (C=O) groups excluding carboxylic acids is 2. The van der Waals surface area contributed by atoms with E-state index < -0.39 is 6.04 Å². The second-order valence-electron chi connectivity index (χ2n) is 8.12. The second kappa shape index (κ2) is 13.1. The molecule has 0 aliphatic carbocycles. The average Bonchev–Trinajstić information content (AvgIpc) is 2.78. The number of hydrogen-bond donors (Lipinski definition) is 1. The molecule has 6 heteroatoms. The predicted octanol–water partition coefficient (Wildman–Crippen LogP) is 5.53. The molecule has 0 radical (unpaired) electrons. The Kier molecular flexibility index (Phi) is 10.5. The maximum atomic E-state index is 13.2. The maximum absolute atomic E-state index is 13.2. The van der Waals surface area contributed by atoms with Crippen molar-refractivity contribution in [3.63, 3.8) is 0 Å². The van der Waals surface area contributed by atoms with Gasteiger partial charge in [0.15, 0.2) is 0 Å². The summed E-state index contributed by atoms with van der Waals surface area (Å²) in [7, 11) is 0. The third-order valence-electron chi connectivity index (χ3n) is 5.51. The Hall–Kier alpha value is -2.53. The van der Waals surface area contributed by atoms with Crippen LogP contribution in [0.15, 0.2) is 48.5 Å². The molecule has 2 atom stereocenters. The largest absolute Gasteiger partial charge is 0.494 e. The van der Waals surface area contributed by atoms with Gasteiger partial charge in [-0.1, -0.05) is 61.3 Å². The van der Waals surface area contributed by atoms with Crippen molar-refractivity contribution in [3.8, 4) is 5.75 Å². The van der Waals surface area contributed by atoms with Crippen molar-refractivity contribution < 1.29 is 14.3 Å². The molecule has 0 aromatic heterocycles. The normalized spacial score (nSPS) is 12.7. The zero-order chi connectivity index (χ0) is 23.5. The Labute approximate surface area is 197 Å². The first-order valence-electron chi connectivity index (χ1n) is 11.4. The van der Waals surface area contributed by atoms with Crippen LogP contribution in [0.4, 0.5) is 0 Å². The number of halogens is 1. The van der Waals surface area contributed by atoms with Gasteiger partial charge in [-0.15, -0.1) is 0 Å². The first-order chi connectivity index (χ1) is 15.3. The third-order valence-corrected chi connectivity index (χ3v) is 5.88. The summed E-state index contributed by atoms with van der Waals surface area (Å²) in [5.41, 5.74) is 2.00. The van der Waals surface area contributed by atoms with Crippen molar-refractivity contribution in [2.45, 2.75) is 72.0 Å². The standard InChI is InChI=1S/C26H35ClN2O3/c1-5-20(4)28-26(31)24(6-2)29(18-21-10-7-8-11-23(21)27)25(30)12-9-17-32-22-15-13-19(3)14-16-22/h7-8,10-11,13-16,20,24H,5-6,9,12,17-18H2,1-4H3,(H,28,31)/t20-,24+/m0/s1. The lowest BCUT2D eigenvalue weighted by atomic mass is 10.1. The van der Waals surface area contributed by atoms with E-state index >= 15 is 0 Å². The van der Waals surface area contributed by atoms with Gasteiger partial charge in [-0.3, -0.25) is 9.59 Å². The summed E-state index contributed by atoms with van der Waals surface area (Å²) < 4.78 is 5.76. The number of amides is 2. The van der Waals surface area contributed by atoms with Crippen molar-refractivity contribution >= 4 is 23.4 Å². The van der Waals surface area contributed by atoms with Gasteiger partial charge in [0.05, 0.1) is 6.61 Å². The lowest BCUT2D eigenvalue weighted by Crippen LogP contribution is -2.50. The minimum Gasteiger partial charge on any atom is -0.494 e. The highest BCUT2D eigenvalue weighted by Crippen LogP contribution is 2.21. The van der Waals surface area contributed by atoms with Gasteiger partial charge in [0, 0.05) is 24.0 Å². The van der Waals surface area contributed by atoms with Gasteiger partial charge >= 0.3 is 0 Å². The molecule has 0 aliphatic rings. The fourth-order valence-electron chi connectivity index (χ4n) is 3.36. The zero-order valence-corrected chi connectivity index (χ0v) is 20.3. The van der Waals surface area contributed by atoms with Crippen molar-refractivity contribution in [3.05, 3.63) is 64.7 Å². The van der Waals surface area contributed by atoms with E-state index in [1.807, 2.05) is 70.2 Å². The molecule has 0 aliphatic heterocycles. The highest BCUT2D eigenvalue weighted by atomic mass is 35.5. The highest BCUT2D eigenvalue weighted by molar-refractivity contribution is 6.31. The van der Waals surface area contributed by atoms with E-state index in [0.717, 1.165) is 17.7 Å². The summed E-state index contributed by atoms with van der Waals surface area (Å²) in [6.07, 6.45) is 2.22. The van der Waals surface area contributed by atoms with Crippen LogP contribution in [0.25, 0.3) is 0 Å². The number of nitrogens with one attached hydrogen (secondary N) is 1. The zero-order valence-electron chi connectivity index (χ0n) is 19.6. The third kappa shape index (κ3) is 7.86. The molecular formula is C26H35ClN2O3. The summed E-state index contributed by atoms with van der Waals surface area (Å²) in [4.78, 5) is 27.8. The van der Waals surface area contributed by atoms with Gasteiger partial charge in [0.2, 0.25) is 11.8 Å². The van der Waals surface area contributed by atoms with Crippen molar-refractivity contribution in [1.82, 2.24) is 10.2 Å². The van der Waals surface area contributed by atoms with Gasteiger partial charge in [0.1, 0.15) is 11.8 Å². The number of carbonyl (C=O) groups is 2. The summed E-state index contributed by atoms with van der Waals surface area (Å²) in [5, 5.41) is 3.61. The van der Waals surface area contributed by atoms with Crippen LogP contribution in [0.1, 0.15) is 57.6 Å². The van der Waals surface area contributed by atoms with Crippen LogP contribution in [0.5, 0.6) is 5.75 Å². The molecule has 0 unspecified atom stereocenters. The minimum absolute atomic E-state index is 0.0525. The topological polar surface area (TPSA) is 58.6 Å². The van der Waals surface area contributed by atoms with Crippen LogP contribution >= 0.6 is 11.6 Å². The fraction of sp³-hybridized carbons (Fsp3) is 0.462. The number of hydrogen-bond acceptors (Lipinski definition) is 3. The molecule has 0 bridgehead atoms. The van der Waals surface area contributed by atoms with E-state index in [0.29, 0.717) is 37.4 Å². The lowest BCUT2D eigenvalue weighted by molar-refractivity contribution is -0.141. The van der Waals surface area contributed by atoms with Gasteiger partial charge in [-0.25, -0.2) is 0 Å². The number of benzene rings is 2. The van der Waals surface area contributed by atoms with Gasteiger partial charge in [-0.05, 0) is 56.9 Å². The smallest absolute Gasteiger partial charge is 0.243 e. The second-order valence-corrected chi connectivity index (χ2v) is 8.53. The Morgan fingerprint density at radius 2 is 1.75 bits per heavy atom. The van der Waals surface area contributed by atoms with E-state index in [2.05, 4.69) is 5.32 Å². The quantitative estimate of drug-likeness (QED) is 0.425. The summed E-state index contributed by atoms with van der Waals surface area (Å²) in [6, 6.07) is 14.8. The highest BCUT2D eigenvalue weighted by Gasteiger charge is 2.29. The maximum Gasteiger partial charge on any atom is 0.243 e. The minimum atomic E-state index is -0.550. The summed E-state index contributed by atoms with van der Waals surface area (Å²) in [6.45, 7) is 8.67. The number of nitrogens with zero attached hydrogens (tertiary/aromatic N) is 1. The first kappa shape index (κ1) is 25.7. The fourth-order valence-corrected chi connectivity index (χ4v) is 3.56. The Bertz CT molecular complexity index is 870. The van der Waals surface area contributed by atoms with Crippen molar-refractivity contribution in [2.75, 3.05) is 6.61 Å². The molecule has 0 saturated carbocycles. The number of ether oxygens (including phenoxy) is 1. The van der Waals surface area contributed by atoms with Crippen LogP contribution in [0, 0.1) is 6.92 Å². The average molecular weight is 459 g/mol. The Morgan fingerprint density at radius 3 is 2.38 bits per heavy atom. The molecule has 174 valence electrons. The van der Waals surface area contributed by atoms with Crippen molar-refractivity contribution in [1.29, 1.82) is 0 Å². The molecule has 5 nitrogen and oxygen atoms in total. The van der Waals surface area contributed by atoms with Crippen molar-refractivity contribution in [2.24, 2.45) is 0 Å². The molecule has 2 rings (SSSR count). The predicted molar refractivity (Wildman–Crippen MR) is 130 cm³/mol. The number of rotatable bonds is 12. The summed E-state index contributed by atoms with van der Waals surface area (Å²) >= 11 is 6.35. The monoisotopic (exact) mass is 458 g/mol. The SMILES string of the molecule is CC[C@H](C(=O)N[C@@H](C)CC)N(Cc1ccccc1Cl)C(=O)CCCOc1ccc(C)cc1. The molecule has 1 N–H and O–H groups in total. The molecule has 0 saturated heterocycles. The Morgan fingerprint density at radius 1 is 1.06 bits per heavy atom. The van der Waals surface area contributed by atoms with E-state index in [4.69, 9.17) is 16.3 Å². The van der Waals surface area contributed by atoms with E-state index in [-0.39, 0.29) is 17.9 Å². The van der Waals surface area contributed by atoms with Crippen LogP contribution in [0.3, 0.4) is 0 Å². The van der Waals surface area contributed by atoms with Crippen LogP contribution in [-0.2, 0) is 16.1 Å². The van der Waals surface area contributed by atoms with E-state index in [1.54, 1.807) is 11.0 Å². The van der Waals surface area contributed by atoms with Gasteiger partial charge < -0.3 is 15.0 Å². The molecule has 0 heterocycles. The molecular weight excluding hydrogens is 424 g/mol. The molecule has 0 spiro atoms. The molecule has 32 heavy (non-hydrogen) atoms. The van der Waals surface area contributed by atoms with E-state index in [1.165, 1.54) is 5.56 Å². The van der Waals surface area contributed by atoms with Crippen LogP contribution < -0.4 is 10.1 Å².